The molecular formula is C38H61N5O7S. The van der Waals surface area contributed by atoms with E-state index in [1.807, 2.05) is 6.92 Å². The minimum atomic E-state index is -3.45. The van der Waals surface area contributed by atoms with Gasteiger partial charge in [0.2, 0.25) is 17.6 Å². The maximum Gasteiger partial charge on any atom is 0.315 e. The highest BCUT2D eigenvalue weighted by atomic mass is 32.2. The van der Waals surface area contributed by atoms with Crippen molar-refractivity contribution in [2.75, 3.05) is 18.8 Å². The number of amides is 5. The Morgan fingerprint density at radius 1 is 0.882 bits per heavy atom. The summed E-state index contributed by atoms with van der Waals surface area (Å²) in [5.74, 6) is -2.00. The van der Waals surface area contributed by atoms with E-state index in [-0.39, 0.29) is 40.7 Å². The molecule has 5 saturated carbocycles. The van der Waals surface area contributed by atoms with Crippen molar-refractivity contribution < 1.29 is 32.4 Å². The van der Waals surface area contributed by atoms with E-state index in [0.717, 1.165) is 64.2 Å². The monoisotopic (exact) mass is 731 g/mol. The molecule has 6 atom stereocenters. The van der Waals surface area contributed by atoms with E-state index in [2.05, 4.69) is 35.1 Å². The molecule has 6 rings (SSSR count). The van der Waals surface area contributed by atoms with Crippen molar-refractivity contribution in [1.82, 2.24) is 26.2 Å². The van der Waals surface area contributed by atoms with Gasteiger partial charge in [-0.2, -0.15) is 0 Å². The first kappa shape index (κ1) is 38.0. The number of hydrogen-bond donors (Lipinski definition) is 4. The zero-order chi connectivity index (χ0) is 36.9. The number of carbonyl (C=O) groups excluding carboxylic acids is 5. The maximum atomic E-state index is 14.7. The average Bonchev–Trinajstić information content (AvgIpc) is 4.05. The van der Waals surface area contributed by atoms with Crippen LogP contribution in [0, 0.1) is 35.0 Å². The van der Waals surface area contributed by atoms with Crippen LogP contribution < -0.4 is 21.3 Å². The molecule has 6 fully saturated rings. The Morgan fingerprint density at radius 3 is 2.12 bits per heavy atom. The molecule has 0 aromatic heterocycles. The lowest BCUT2D eigenvalue weighted by atomic mass is 9.82. The second-order valence-electron chi connectivity index (χ2n) is 17.8. The highest BCUT2D eigenvalue weighted by Gasteiger charge is 2.71. The van der Waals surface area contributed by atoms with Crippen molar-refractivity contribution in [2.45, 2.75) is 153 Å². The Bertz CT molecular complexity index is 1500. The van der Waals surface area contributed by atoms with Crippen LogP contribution in [0.1, 0.15) is 125 Å². The fourth-order valence-electron chi connectivity index (χ4n) is 9.79. The molecule has 51 heavy (non-hydrogen) atoms. The third-order valence-electron chi connectivity index (χ3n) is 13.6. The Morgan fingerprint density at radius 2 is 1.53 bits per heavy atom. The molecule has 0 spiro atoms. The largest absolute Gasteiger partial charge is 0.349 e. The van der Waals surface area contributed by atoms with Gasteiger partial charge >= 0.3 is 6.03 Å². The van der Waals surface area contributed by atoms with Gasteiger partial charge in [0.05, 0.1) is 16.5 Å². The number of fused-ring (bicyclic) bond motifs is 1. The maximum absolute atomic E-state index is 14.7. The van der Waals surface area contributed by atoms with Crippen LogP contribution in [0.25, 0.3) is 0 Å². The summed E-state index contributed by atoms with van der Waals surface area (Å²) in [4.78, 5) is 71.2. The van der Waals surface area contributed by atoms with Crippen LogP contribution in [0.3, 0.4) is 0 Å². The molecule has 12 nitrogen and oxygen atoms in total. The molecule has 0 bridgehead atoms. The van der Waals surface area contributed by atoms with E-state index in [9.17, 15) is 32.4 Å². The number of Topliss-reactive ketones (excluding diaryl/α,β-unsaturated/α-hetero) is 1. The molecule has 0 aromatic carbocycles. The van der Waals surface area contributed by atoms with Gasteiger partial charge in [0, 0.05) is 13.1 Å². The van der Waals surface area contributed by atoms with Crippen LogP contribution in [0.15, 0.2) is 0 Å². The average molecular weight is 732 g/mol. The summed E-state index contributed by atoms with van der Waals surface area (Å²) in [5.41, 5.74) is -2.35. The zero-order valence-corrected chi connectivity index (χ0v) is 32.2. The van der Waals surface area contributed by atoms with Gasteiger partial charge in [0.15, 0.2) is 9.84 Å². The van der Waals surface area contributed by atoms with Gasteiger partial charge in [-0.3, -0.25) is 19.2 Å². The van der Waals surface area contributed by atoms with Gasteiger partial charge in [-0.15, -0.1) is 0 Å². The molecule has 13 heteroatoms. The second-order valence-corrected chi connectivity index (χ2v) is 20.4. The van der Waals surface area contributed by atoms with Gasteiger partial charge in [0.25, 0.3) is 5.91 Å². The van der Waals surface area contributed by atoms with Crippen LogP contribution in [0.4, 0.5) is 4.79 Å². The number of sulfone groups is 1. The molecule has 1 heterocycles. The van der Waals surface area contributed by atoms with E-state index < -0.39 is 61.9 Å². The topological polar surface area (TPSA) is 171 Å². The second kappa shape index (κ2) is 14.3. The number of piperidine rings is 1. The number of likely N-dealkylation sites (tertiary alicyclic amines) is 1. The zero-order valence-electron chi connectivity index (χ0n) is 31.4. The molecule has 1 saturated heterocycles. The van der Waals surface area contributed by atoms with Gasteiger partial charge in [-0.05, 0) is 93.8 Å². The van der Waals surface area contributed by atoms with E-state index in [1.54, 1.807) is 18.7 Å². The third-order valence-corrected chi connectivity index (χ3v) is 16.0. The minimum Gasteiger partial charge on any atom is -0.349 e. The summed E-state index contributed by atoms with van der Waals surface area (Å²) in [6, 6.07) is -2.25. The number of rotatable bonds is 14. The number of urea groups is 1. The highest BCUT2D eigenvalue weighted by Crippen LogP contribution is 2.65. The molecular weight excluding hydrogens is 671 g/mol. The SMILES string of the molecule is CCC1CC1(NC(=O)C1C2C(CN1C(=O)C(NC(=O)NC1(CS(=O)(=O)C(C)C)CCCCC1)C1CCCCC1)C2(C)C)C(=O)C(=O)NCC1CC1. The molecule has 0 aromatic rings. The highest BCUT2D eigenvalue weighted by molar-refractivity contribution is 7.92. The van der Waals surface area contributed by atoms with E-state index in [1.165, 1.54) is 0 Å². The van der Waals surface area contributed by atoms with Crippen LogP contribution >= 0.6 is 0 Å². The summed E-state index contributed by atoms with van der Waals surface area (Å²) >= 11 is 0. The first-order valence-electron chi connectivity index (χ1n) is 19.8. The fourth-order valence-corrected chi connectivity index (χ4v) is 11.3. The van der Waals surface area contributed by atoms with Crippen molar-refractivity contribution >= 4 is 39.4 Å². The first-order chi connectivity index (χ1) is 24.0. The summed E-state index contributed by atoms with van der Waals surface area (Å²) in [7, 11) is -3.45. The van der Waals surface area contributed by atoms with Crippen LogP contribution in [-0.2, 0) is 29.0 Å². The predicted molar refractivity (Wildman–Crippen MR) is 193 cm³/mol. The normalized spacial score (nSPS) is 31.6. The lowest BCUT2D eigenvalue weighted by Gasteiger charge is -2.40. The van der Waals surface area contributed by atoms with Gasteiger partial charge in [0.1, 0.15) is 17.6 Å². The predicted octanol–water partition coefficient (Wildman–Crippen LogP) is 3.62. The molecule has 0 radical (unpaired) electrons. The molecule has 4 N–H and O–H groups in total. The van der Waals surface area contributed by atoms with Crippen LogP contribution in [0.5, 0.6) is 0 Å². The van der Waals surface area contributed by atoms with Crippen molar-refractivity contribution in [3.8, 4) is 0 Å². The molecule has 286 valence electrons. The van der Waals surface area contributed by atoms with Crippen molar-refractivity contribution in [3.05, 3.63) is 0 Å². The summed E-state index contributed by atoms with van der Waals surface area (Å²) in [6.45, 7) is 10.3. The van der Waals surface area contributed by atoms with E-state index >= 15 is 0 Å². The lowest BCUT2D eigenvalue weighted by molar-refractivity contribution is -0.145. The molecule has 5 amide bonds. The Labute approximate surface area is 304 Å². The molecule has 1 aliphatic heterocycles. The smallest absolute Gasteiger partial charge is 0.315 e. The Kier molecular flexibility index (Phi) is 10.6. The summed E-state index contributed by atoms with van der Waals surface area (Å²) < 4.78 is 26.2. The minimum absolute atomic E-state index is 0.0967. The first-order valence-corrected chi connectivity index (χ1v) is 21.5. The van der Waals surface area contributed by atoms with Gasteiger partial charge in [-0.1, -0.05) is 65.7 Å². The molecule has 6 unspecified atom stereocenters. The van der Waals surface area contributed by atoms with Crippen LogP contribution in [-0.4, -0.2) is 90.1 Å². The molecule has 6 aliphatic rings. The van der Waals surface area contributed by atoms with Gasteiger partial charge in [-0.25, -0.2) is 13.2 Å². The van der Waals surface area contributed by atoms with Crippen molar-refractivity contribution in [2.24, 2.45) is 35.0 Å². The van der Waals surface area contributed by atoms with Gasteiger partial charge < -0.3 is 26.2 Å². The number of ketones is 1. The van der Waals surface area contributed by atoms with Crippen molar-refractivity contribution in [3.63, 3.8) is 0 Å². The van der Waals surface area contributed by atoms with Crippen molar-refractivity contribution in [1.29, 1.82) is 0 Å². The lowest BCUT2D eigenvalue weighted by Crippen LogP contribution is -2.63. The number of carbonyl (C=O) groups is 5. The Balaban J connectivity index is 1.21. The van der Waals surface area contributed by atoms with Crippen LogP contribution in [0.2, 0.25) is 0 Å². The molecule has 5 aliphatic carbocycles. The van der Waals surface area contributed by atoms with E-state index in [4.69, 9.17) is 0 Å². The standard InChI is InChI=1S/C38H61N5O7S/c1-6-26-19-38(26,31(44)33(46)39-20-24-15-16-24)41-32(45)30-28-27(36(28,4)5)21-43(30)34(47)29(25-13-9-7-10-14-25)40-35(48)42-37(17-11-8-12-18-37)22-51(49,50)23(2)3/h23-30H,6-22H2,1-5H3,(H,39,46)(H,41,45)(H2,40,42,48). The number of nitrogens with zero attached hydrogens (tertiary/aromatic N) is 1. The summed E-state index contributed by atoms with van der Waals surface area (Å²) in [6.07, 6.45) is 11.3. The quantitative estimate of drug-likeness (QED) is 0.198. The third kappa shape index (κ3) is 7.70. The number of hydrogen-bond acceptors (Lipinski definition) is 7. The summed E-state index contributed by atoms with van der Waals surface area (Å²) in [5, 5.41) is 11.3. The van der Waals surface area contributed by atoms with E-state index in [0.29, 0.717) is 44.7 Å². The fraction of sp³-hybridized carbons (Fsp3) is 0.868. The number of nitrogens with one attached hydrogen (secondary N) is 4. The Hall–Kier alpha value is -2.70.